The number of methoxy groups -OCH3 is 1. The molecule has 0 spiro atoms. The molecule has 0 saturated heterocycles. The van der Waals surface area contributed by atoms with Crippen LogP contribution in [0.25, 0.3) is 0 Å². The number of nitrogens with two attached hydrogens (primary N) is 1. The third-order valence-electron chi connectivity index (χ3n) is 3.87. The van der Waals surface area contributed by atoms with Crippen molar-refractivity contribution < 1.29 is 14.2 Å². The number of guanidine groups is 1. The Bertz CT molecular complexity index is 802. The average Bonchev–Trinajstić information content (AvgIpc) is 2.88. The molecule has 0 fully saturated rings. The Morgan fingerprint density at radius 3 is 2.85 bits per heavy atom. The topological polar surface area (TPSA) is 78.1 Å². The highest BCUT2D eigenvalue weighted by Crippen LogP contribution is 2.38. The fourth-order valence-electron chi connectivity index (χ4n) is 2.65. The van der Waals surface area contributed by atoms with Gasteiger partial charge in [-0.15, -0.1) is 24.0 Å². The molecule has 0 atom stereocenters. The van der Waals surface area contributed by atoms with Crippen molar-refractivity contribution in [3.63, 3.8) is 0 Å². The summed E-state index contributed by atoms with van der Waals surface area (Å²) < 4.78 is 16.5. The van der Waals surface area contributed by atoms with Gasteiger partial charge in [-0.25, -0.2) is 4.99 Å². The Hall–Kier alpha value is -1.71. The number of anilines is 1. The van der Waals surface area contributed by atoms with Gasteiger partial charge in [0.05, 0.1) is 31.4 Å². The molecule has 27 heavy (non-hydrogen) atoms. The number of para-hydroxylation sites is 1. The van der Waals surface area contributed by atoms with Crippen LogP contribution >= 0.6 is 35.6 Å². The van der Waals surface area contributed by atoms with Crippen LogP contribution in [0.4, 0.5) is 5.69 Å². The van der Waals surface area contributed by atoms with Crippen LogP contribution in [0.5, 0.6) is 11.5 Å². The molecule has 146 valence electrons. The van der Waals surface area contributed by atoms with Gasteiger partial charge in [-0.2, -0.15) is 0 Å². The zero-order valence-corrected chi connectivity index (χ0v) is 18.1. The highest BCUT2D eigenvalue weighted by atomic mass is 127. The molecule has 0 aliphatic carbocycles. The number of hydrogen-bond acceptors (Lipinski definition) is 4. The van der Waals surface area contributed by atoms with E-state index in [9.17, 15) is 0 Å². The first kappa shape index (κ1) is 21.6. The van der Waals surface area contributed by atoms with E-state index in [1.807, 2.05) is 36.4 Å². The van der Waals surface area contributed by atoms with Crippen molar-refractivity contribution in [2.75, 3.05) is 25.6 Å². The second kappa shape index (κ2) is 10.6. The van der Waals surface area contributed by atoms with E-state index >= 15 is 0 Å². The minimum Gasteiger partial charge on any atom is -0.489 e. The van der Waals surface area contributed by atoms with Gasteiger partial charge >= 0.3 is 0 Å². The quantitative estimate of drug-likeness (QED) is 0.363. The summed E-state index contributed by atoms with van der Waals surface area (Å²) in [4.78, 5) is 4.39. The molecule has 2 aromatic rings. The second-order valence-corrected chi connectivity index (χ2v) is 6.28. The van der Waals surface area contributed by atoms with Crippen molar-refractivity contribution >= 4 is 47.2 Å². The normalized spacial score (nSPS) is 13.5. The van der Waals surface area contributed by atoms with Gasteiger partial charge < -0.3 is 25.3 Å². The Morgan fingerprint density at radius 2 is 2.04 bits per heavy atom. The number of hydrogen-bond donors (Lipinski definition) is 2. The number of aliphatic imine (C=N–C) groups is 1. The Labute approximate surface area is 181 Å². The molecular weight excluding hydrogens is 481 g/mol. The maximum Gasteiger partial charge on any atom is 0.193 e. The van der Waals surface area contributed by atoms with E-state index < -0.39 is 0 Å². The largest absolute Gasteiger partial charge is 0.489 e. The standard InChI is InChI=1S/C19H22ClN3O3.HI/c1-24-12-14-5-2-3-6-16(14)23-19(21)22-11-13-9-15(20)18-17(10-13)25-7-4-8-26-18;/h2-3,5-6,9-10H,4,7-8,11-12H2,1H3,(H3,21,22,23);1H. The number of nitrogens with one attached hydrogen (secondary N) is 1. The van der Waals surface area contributed by atoms with Crippen molar-refractivity contribution in [3.05, 3.63) is 52.5 Å². The van der Waals surface area contributed by atoms with E-state index in [1.165, 1.54) is 0 Å². The minimum atomic E-state index is 0. The number of benzene rings is 2. The fraction of sp³-hybridized carbons (Fsp3) is 0.316. The summed E-state index contributed by atoms with van der Waals surface area (Å²) in [6.45, 7) is 2.08. The van der Waals surface area contributed by atoms with Crippen LogP contribution in [0, 0.1) is 0 Å². The second-order valence-electron chi connectivity index (χ2n) is 5.87. The summed E-state index contributed by atoms with van der Waals surface area (Å²) in [6.07, 6.45) is 0.830. The third kappa shape index (κ3) is 5.88. The third-order valence-corrected chi connectivity index (χ3v) is 4.15. The van der Waals surface area contributed by atoms with Gasteiger partial charge in [-0.1, -0.05) is 29.8 Å². The van der Waals surface area contributed by atoms with Crippen molar-refractivity contribution in [1.29, 1.82) is 0 Å². The van der Waals surface area contributed by atoms with Crippen LogP contribution in [0.3, 0.4) is 0 Å². The van der Waals surface area contributed by atoms with E-state index in [2.05, 4.69) is 10.3 Å². The summed E-state index contributed by atoms with van der Waals surface area (Å²) in [7, 11) is 1.65. The first-order valence-electron chi connectivity index (χ1n) is 8.39. The van der Waals surface area contributed by atoms with E-state index in [-0.39, 0.29) is 24.0 Å². The van der Waals surface area contributed by atoms with E-state index in [1.54, 1.807) is 7.11 Å². The van der Waals surface area contributed by atoms with Gasteiger partial charge in [0.2, 0.25) is 0 Å². The molecule has 1 aliphatic rings. The van der Waals surface area contributed by atoms with Gasteiger partial charge in [0.25, 0.3) is 0 Å². The van der Waals surface area contributed by atoms with Crippen molar-refractivity contribution in [3.8, 4) is 11.5 Å². The van der Waals surface area contributed by atoms with E-state index in [0.717, 1.165) is 23.2 Å². The zero-order chi connectivity index (χ0) is 18.4. The summed E-state index contributed by atoms with van der Waals surface area (Å²) >= 11 is 6.31. The van der Waals surface area contributed by atoms with Gasteiger partial charge in [-0.3, -0.25) is 0 Å². The molecule has 8 heteroatoms. The number of rotatable bonds is 5. The van der Waals surface area contributed by atoms with E-state index in [4.69, 9.17) is 31.5 Å². The molecule has 3 rings (SSSR count). The summed E-state index contributed by atoms with van der Waals surface area (Å²) in [6, 6.07) is 11.5. The van der Waals surface area contributed by atoms with Crippen molar-refractivity contribution in [1.82, 2.24) is 0 Å². The van der Waals surface area contributed by atoms with Gasteiger partial charge in [-0.05, 0) is 23.8 Å². The Morgan fingerprint density at radius 1 is 1.26 bits per heavy atom. The fourth-order valence-corrected chi connectivity index (χ4v) is 2.94. The lowest BCUT2D eigenvalue weighted by Crippen LogP contribution is -2.23. The predicted octanol–water partition coefficient (Wildman–Crippen LogP) is 4.19. The Balaban J connectivity index is 0.00000261. The van der Waals surface area contributed by atoms with Gasteiger partial charge in [0.1, 0.15) is 0 Å². The SMILES string of the molecule is COCc1ccccc1NC(N)=NCc1cc(Cl)c2c(c1)OCCCO2.I. The lowest BCUT2D eigenvalue weighted by molar-refractivity contribution is 0.185. The molecule has 3 N–H and O–H groups in total. The molecule has 0 amide bonds. The number of nitrogens with zero attached hydrogens (tertiary/aromatic N) is 1. The average molecular weight is 504 g/mol. The van der Waals surface area contributed by atoms with Crippen LogP contribution in [0.2, 0.25) is 5.02 Å². The molecule has 0 unspecified atom stereocenters. The van der Waals surface area contributed by atoms with Gasteiger partial charge in [0.15, 0.2) is 17.5 Å². The molecule has 6 nitrogen and oxygen atoms in total. The first-order valence-corrected chi connectivity index (χ1v) is 8.77. The van der Waals surface area contributed by atoms with Gasteiger partial charge in [0, 0.05) is 24.8 Å². The molecule has 2 aromatic carbocycles. The molecule has 0 bridgehead atoms. The summed E-state index contributed by atoms with van der Waals surface area (Å²) in [5.74, 6) is 1.56. The predicted molar refractivity (Wildman–Crippen MR) is 119 cm³/mol. The van der Waals surface area contributed by atoms with Crippen LogP contribution in [0.1, 0.15) is 17.5 Å². The number of ether oxygens (including phenoxy) is 3. The van der Waals surface area contributed by atoms with E-state index in [0.29, 0.717) is 48.8 Å². The maximum absolute atomic E-state index is 6.31. The molecule has 1 aliphatic heterocycles. The zero-order valence-electron chi connectivity index (χ0n) is 15.0. The molecule has 0 aromatic heterocycles. The maximum atomic E-state index is 6.31. The summed E-state index contributed by atoms with van der Waals surface area (Å²) in [5.41, 5.74) is 8.80. The molecule has 0 radical (unpaired) electrons. The highest BCUT2D eigenvalue weighted by molar-refractivity contribution is 14.0. The van der Waals surface area contributed by atoms with Crippen LogP contribution in [0.15, 0.2) is 41.4 Å². The molecular formula is C19H23ClIN3O3. The monoisotopic (exact) mass is 503 g/mol. The first-order chi connectivity index (χ1) is 12.7. The van der Waals surface area contributed by atoms with Crippen molar-refractivity contribution in [2.45, 2.75) is 19.6 Å². The Kier molecular flexibility index (Phi) is 8.46. The molecule has 1 heterocycles. The lowest BCUT2D eigenvalue weighted by Gasteiger charge is -2.12. The smallest absolute Gasteiger partial charge is 0.193 e. The van der Waals surface area contributed by atoms with Crippen molar-refractivity contribution in [2.24, 2.45) is 10.7 Å². The number of fused-ring (bicyclic) bond motifs is 1. The highest BCUT2D eigenvalue weighted by Gasteiger charge is 2.15. The summed E-state index contributed by atoms with van der Waals surface area (Å²) in [5, 5.41) is 3.63. The minimum absolute atomic E-state index is 0. The molecule has 0 saturated carbocycles. The van der Waals surface area contributed by atoms with Crippen LogP contribution < -0.4 is 20.5 Å². The van der Waals surface area contributed by atoms with Crippen LogP contribution in [-0.2, 0) is 17.9 Å². The van der Waals surface area contributed by atoms with Crippen LogP contribution in [-0.4, -0.2) is 26.3 Å². The number of halogens is 2. The lowest BCUT2D eigenvalue weighted by atomic mass is 10.2.